The van der Waals surface area contributed by atoms with Gasteiger partial charge >= 0.3 is 12.1 Å². The van der Waals surface area contributed by atoms with E-state index in [1.807, 2.05) is 38.1 Å². The molecule has 174 valence electrons. The van der Waals surface area contributed by atoms with Crippen LogP contribution in [0.5, 0.6) is 0 Å². The number of amides is 2. The Balaban J connectivity index is 1.38. The predicted octanol–water partition coefficient (Wildman–Crippen LogP) is 4.02. The molecule has 0 spiro atoms. The second kappa shape index (κ2) is 9.25. The van der Waals surface area contributed by atoms with E-state index in [1.54, 1.807) is 0 Å². The third kappa shape index (κ3) is 4.19. The summed E-state index contributed by atoms with van der Waals surface area (Å²) >= 11 is 0. The van der Waals surface area contributed by atoms with E-state index in [2.05, 4.69) is 29.6 Å². The third-order valence-corrected chi connectivity index (χ3v) is 6.94. The van der Waals surface area contributed by atoms with Crippen LogP contribution in [0.3, 0.4) is 0 Å². The van der Waals surface area contributed by atoms with E-state index < -0.39 is 23.5 Å². The first-order chi connectivity index (χ1) is 15.9. The second-order valence-electron chi connectivity index (χ2n) is 8.94. The molecule has 2 aromatic rings. The Hall–Kier alpha value is -3.35. The highest BCUT2D eigenvalue weighted by molar-refractivity contribution is 5.89. The van der Waals surface area contributed by atoms with Crippen LogP contribution >= 0.6 is 0 Å². The lowest BCUT2D eigenvalue weighted by Crippen LogP contribution is -2.65. The topological polar surface area (TPSA) is 95.9 Å². The fourth-order valence-electron chi connectivity index (χ4n) is 4.90. The molecule has 2 aliphatic rings. The third-order valence-electron chi connectivity index (χ3n) is 6.94. The van der Waals surface area contributed by atoms with Crippen LogP contribution in [0.2, 0.25) is 0 Å². The fraction of sp³-hybridized carbons (Fsp3) is 0.423. The van der Waals surface area contributed by atoms with Crippen LogP contribution < -0.4 is 5.32 Å². The summed E-state index contributed by atoms with van der Waals surface area (Å²) in [6.45, 7) is 4.26. The van der Waals surface area contributed by atoms with Crippen LogP contribution in [0.15, 0.2) is 48.5 Å². The monoisotopic (exact) mass is 450 g/mol. The van der Waals surface area contributed by atoms with Gasteiger partial charge in [0.25, 0.3) is 0 Å². The first-order valence-electron chi connectivity index (χ1n) is 11.5. The Bertz CT molecular complexity index is 1010. The first kappa shape index (κ1) is 22.8. The van der Waals surface area contributed by atoms with E-state index in [0.717, 1.165) is 22.3 Å². The molecule has 0 bridgehead atoms. The smallest absolute Gasteiger partial charge is 0.407 e. The van der Waals surface area contributed by atoms with Gasteiger partial charge in [-0.25, -0.2) is 4.79 Å². The summed E-state index contributed by atoms with van der Waals surface area (Å²) in [7, 11) is 0. The van der Waals surface area contributed by atoms with Crippen molar-refractivity contribution in [2.45, 2.75) is 45.1 Å². The maximum atomic E-state index is 12.9. The molecule has 1 aliphatic carbocycles. The van der Waals surface area contributed by atoms with E-state index in [9.17, 15) is 19.5 Å². The summed E-state index contributed by atoms with van der Waals surface area (Å²) < 4.78 is 5.58. The van der Waals surface area contributed by atoms with Crippen molar-refractivity contribution < 1.29 is 24.2 Å². The number of carbonyl (C=O) groups excluding carboxylic acids is 2. The number of alkyl carbamates (subject to hydrolysis) is 1. The lowest BCUT2D eigenvalue weighted by molar-refractivity contribution is -0.167. The van der Waals surface area contributed by atoms with E-state index in [-0.39, 0.29) is 31.5 Å². The molecule has 1 saturated heterocycles. The number of likely N-dealkylation sites (tertiary alicyclic amines) is 1. The van der Waals surface area contributed by atoms with Crippen molar-refractivity contribution in [1.29, 1.82) is 0 Å². The van der Waals surface area contributed by atoms with Gasteiger partial charge in [-0.05, 0) is 35.1 Å². The van der Waals surface area contributed by atoms with Crippen LogP contribution in [-0.2, 0) is 14.3 Å². The Kier molecular flexibility index (Phi) is 6.40. The molecule has 2 amide bonds. The van der Waals surface area contributed by atoms with Gasteiger partial charge in [0.1, 0.15) is 18.1 Å². The number of fused-ring (bicyclic) bond motifs is 3. The molecule has 0 aromatic heterocycles. The van der Waals surface area contributed by atoms with Crippen molar-refractivity contribution in [2.24, 2.45) is 5.41 Å². The predicted molar refractivity (Wildman–Crippen MR) is 124 cm³/mol. The number of hydrogen-bond donors (Lipinski definition) is 2. The summed E-state index contributed by atoms with van der Waals surface area (Å²) in [5.41, 5.74) is 3.67. The number of hydrogen-bond acceptors (Lipinski definition) is 4. The molecule has 0 saturated carbocycles. The van der Waals surface area contributed by atoms with Crippen LogP contribution in [-0.4, -0.2) is 53.7 Å². The van der Waals surface area contributed by atoms with Crippen LogP contribution in [0, 0.1) is 5.41 Å². The van der Waals surface area contributed by atoms with E-state index >= 15 is 0 Å². The zero-order chi connectivity index (χ0) is 23.6. The van der Waals surface area contributed by atoms with Gasteiger partial charge < -0.3 is 20.1 Å². The lowest BCUT2D eigenvalue weighted by Gasteiger charge is -2.47. The highest BCUT2D eigenvalue weighted by Crippen LogP contribution is 2.44. The first-order valence-corrected chi connectivity index (χ1v) is 11.5. The van der Waals surface area contributed by atoms with Crippen molar-refractivity contribution in [3.8, 4) is 11.1 Å². The standard InChI is InChI=1S/C26H30N2O5/c1-3-9-22(23(29)28-15-26(4-2,16-28)24(30)31)27-25(32)33-14-21-19-12-7-5-10-17(19)18-11-6-8-13-20(18)21/h5-8,10-13,21-22H,3-4,9,14-16H2,1-2H3,(H,27,32)(H,30,31)/t22-/m0/s1. The minimum Gasteiger partial charge on any atom is -0.481 e. The Morgan fingerprint density at radius 2 is 1.64 bits per heavy atom. The average molecular weight is 451 g/mol. The highest BCUT2D eigenvalue weighted by atomic mass is 16.5. The van der Waals surface area contributed by atoms with Crippen LogP contribution in [0.4, 0.5) is 4.79 Å². The molecule has 0 unspecified atom stereocenters. The number of nitrogens with one attached hydrogen (secondary N) is 1. The van der Waals surface area contributed by atoms with Crippen LogP contribution in [0.1, 0.15) is 50.2 Å². The molecule has 1 aliphatic heterocycles. The SMILES string of the molecule is CCC[C@H](NC(=O)OCC1c2ccccc2-c2ccccc21)C(=O)N1CC(CC)(C(=O)O)C1. The number of benzene rings is 2. The molecule has 1 heterocycles. The van der Waals surface area contributed by atoms with Crippen molar-refractivity contribution in [3.63, 3.8) is 0 Å². The maximum absolute atomic E-state index is 12.9. The molecule has 0 radical (unpaired) electrons. The molecule has 2 N–H and O–H groups in total. The van der Waals surface area contributed by atoms with Gasteiger partial charge in [0.15, 0.2) is 0 Å². The summed E-state index contributed by atoms with van der Waals surface area (Å²) in [5.74, 6) is -1.19. The molecule has 7 nitrogen and oxygen atoms in total. The number of carboxylic acid groups (broad SMARTS) is 1. The normalized spacial score (nSPS) is 16.8. The lowest BCUT2D eigenvalue weighted by atomic mass is 9.77. The molecule has 1 fully saturated rings. The zero-order valence-corrected chi connectivity index (χ0v) is 19.0. The number of carbonyl (C=O) groups is 3. The Morgan fingerprint density at radius 3 is 2.15 bits per heavy atom. The average Bonchev–Trinajstić information content (AvgIpc) is 3.10. The molecule has 2 aromatic carbocycles. The molecule has 33 heavy (non-hydrogen) atoms. The number of rotatable bonds is 8. The van der Waals surface area contributed by atoms with Gasteiger partial charge in [0, 0.05) is 19.0 Å². The zero-order valence-electron chi connectivity index (χ0n) is 19.0. The molecule has 4 rings (SSSR count). The van der Waals surface area contributed by atoms with Gasteiger partial charge in [-0.15, -0.1) is 0 Å². The van der Waals surface area contributed by atoms with Gasteiger partial charge in [-0.1, -0.05) is 68.8 Å². The second-order valence-corrected chi connectivity index (χ2v) is 8.94. The van der Waals surface area contributed by atoms with Gasteiger partial charge in [0.2, 0.25) is 5.91 Å². The number of carboxylic acids is 1. The highest BCUT2D eigenvalue weighted by Gasteiger charge is 2.50. The summed E-state index contributed by atoms with van der Waals surface area (Å²) in [6.07, 6.45) is 0.992. The number of aliphatic carboxylic acids is 1. The van der Waals surface area contributed by atoms with E-state index in [4.69, 9.17) is 4.74 Å². The van der Waals surface area contributed by atoms with Crippen molar-refractivity contribution in [3.05, 3.63) is 59.7 Å². The van der Waals surface area contributed by atoms with Gasteiger partial charge in [-0.2, -0.15) is 0 Å². The van der Waals surface area contributed by atoms with Crippen molar-refractivity contribution in [2.75, 3.05) is 19.7 Å². The Labute approximate surface area is 193 Å². The summed E-state index contributed by atoms with van der Waals surface area (Å²) in [6, 6.07) is 15.5. The molecule has 7 heteroatoms. The largest absolute Gasteiger partial charge is 0.481 e. The fourth-order valence-corrected chi connectivity index (χ4v) is 4.90. The quantitative estimate of drug-likeness (QED) is 0.633. The number of ether oxygens (including phenoxy) is 1. The van der Waals surface area contributed by atoms with Gasteiger partial charge in [-0.3, -0.25) is 9.59 Å². The minimum atomic E-state index is -0.884. The van der Waals surface area contributed by atoms with Crippen molar-refractivity contribution in [1.82, 2.24) is 10.2 Å². The molecule has 1 atom stereocenters. The molecular formula is C26H30N2O5. The van der Waals surface area contributed by atoms with E-state index in [0.29, 0.717) is 19.3 Å². The molecular weight excluding hydrogens is 420 g/mol. The number of nitrogens with zero attached hydrogens (tertiary/aromatic N) is 1. The Morgan fingerprint density at radius 1 is 1.06 bits per heavy atom. The van der Waals surface area contributed by atoms with Crippen molar-refractivity contribution >= 4 is 18.0 Å². The van der Waals surface area contributed by atoms with E-state index in [1.165, 1.54) is 4.90 Å². The maximum Gasteiger partial charge on any atom is 0.407 e. The van der Waals surface area contributed by atoms with Gasteiger partial charge in [0.05, 0.1) is 0 Å². The minimum absolute atomic E-state index is 0.0559. The van der Waals surface area contributed by atoms with Crippen LogP contribution in [0.25, 0.3) is 11.1 Å². The summed E-state index contributed by atoms with van der Waals surface area (Å²) in [4.78, 5) is 38.6. The summed E-state index contributed by atoms with van der Waals surface area (Å²) in [5, 5.41) is 12.2.